The summed E-state index contributed by atoms with van der Waals surface area (Å²) >= 11 is 1.63. The molecular weight excluding hydrogens is 270 g/mol. The summed E-state index contributed by atoms with van der Waals surface area (Å²) in [5.74, 6) is 0.729. The molecule has 1 aromatic heterocycles. The van der Waals surface area contributed by atoms with E-state index in [0.29, 0.717) is 6.54 Å². The zero-order valence-electron chi connectivity index (χ0n) is 11.9. The van der Waals surface area contributed by atoms with E-state index in [2.05, 4.69) is 40.7 Å². The first-order valence-corrected chi connectivity index (χ1v) is 7.67. The second kappa shape index (κ2) is 7.26. The third kappa shape index (κ3) is 3.71. The summed E-state index contributed by atoms with van der Waals surface area (Å²) in [5.41, 5.74) is 0. The van der Waals surface area contributed by atoms with Crippen molar-refractivity contribution in [2.24, 2.45) is 4.99 Å². The SMILES string of the molecule is CCCNC(=NC)NCC(O)c1cc2ccccc2s1. The Morgan fingerprint density at radius 3 is 2.85 bits per heavy atom. The predicted octanol–water partition coefficient (Wildman–Crippen LogP) is 2.51. The van der Waals surface area contributed by atoms with Crippen molar-refractivity contribution in [3.05, 3.63) is 35.2 Å². The van der Waals surface area contributed by atoms with Crippen LogP contribution in [0.15, 0.2) is 35.3 Å². The van der Waals surface area contributed by atoms with Crippen LogP contribution in [0, 0.1) is 0 Å². The smallest absolute Gasteiger partial charge is 0.191 e. The van der Waals surface area contributed by atoms with Crippen LogP contribution in [0.1, 0.15) is 24.3 Å². The number of aliphatic imine (C=N–C) groups is 1. The highest BCUT2D eigenvalue weighted by Gasteiger charge is 2.11. The lowest BCUT2D eigenvalue weighted by Crippen LogP contribution is -2.39. The maximum atomic E-state index is 10.3. The Balaban J connectivity index is 1.95. The average Bonchev–Trinajstić information content (AvgIpc) is 2.91. The lowest BCUT2D eigenvalue weighted by molar-refractivity contribution is 0.184. The Bertz CT molecular complexity index is 546. The highest BCUT2D eigenvalue weighted by Crippen LogP contribution is 2.29. The standard InChI is InChI=1S/C15H21N3OS/c1-3-8-17-15(16-2)18-10-12(19)14-9-11-6-4-5-7-13(11)20-14/h4-7,9,12,19H,3,8,10H2,1-2H3,(H2,16,17,18). The topological polar surface area (TPSA) is 56.7 Å². The molecule has 108 valence electrons. The summed E-state index contributed by atoms with van der Waals surface area (Å²) < 4.78 is 1.20. The molecule has 1 unspecified atom stereocenters. The largest absolute Gasteiger partial charge is 0.386 e. The molecule has 0 amide bonds. The Hall–Kier alpha value is -1.59. The van der Waals surface area contributed by atoms with E-state index in [9.17, 15) is 5.11 Å². The Morgan fingerprint density at radius 1 is 1.35 bits per heavy atom. The van der Waals surface area contributed by atoms with Crippen molar-refractivity contribution >= 4 is 27.4 Å². The molecule has 0 aliphatic rings. The number of benzene rings is 1. The molecule has 1 heterocycles. The van der Waals surface area contributed by atoms with Gasteiger partial charge in [-0.1, -0.05) is 25.1 Å². The van der Waals surface area contributed by atoms with Crippen LogP contribution in [-0.4, -0.2) is 31.2 Å². The van der Waals surface area contributed by atoms with Crippen molar-refractivity contribution in [1.82, 2.24) is 10.6 Å². The lowest BCUT2D eigenvalue weighted by atomic mass is 10.2. The van der Waals surface area contributed by atoms with Gasteiger partial charge in [0.1, 0.15) is 6.10 Å². The van der Waals surface area contributed by atoms with Crippen molar-refractivity contribution < 1.29 is 5.11 Å². The van der Waals surface area contributed by atoms with Gasteiger partial charge in [-0.15, -0.1) is 11.3 Å². The number of fused-ring (bicyclic) bond motifs is 1. The minimum atomic E-state index is -0.521. The van der Waals surface area contributed by atoms with E-state index in [1.807, 2.05) is 12.1 Å². The number of rotatable bonds is 5. The summed E-state index contributed by atoms with van der Waals surface area (Å²) in [5, 5.41) is 17.8. The maximum Gasteiger partial charge on any atom is 0.191 e. The molecule has 2 rings (SSSR count). The van der Waals surface area contributed by atoms with Gasteiger partial charge in [-0.05, 0) is 23.9 Å². The van der Waals surface area contributed by atoms with Gasteiger partial charge in [0.25, 0.3) is 0 Å². The third-order valence-corrected chi connectivity index (χ3v) is 4.22. The van der Waals surface area contributed by atoms with E-state index in [0.717, 1.165) is 23.8 Å². The van der Waals surface area contributed by atoms with Gasteiger partial charge in [0.15, 0.2) is 5.96 Å². The maximum absolute atomic E-state index is 10.3. The molecule has 0 saturated heterocycles. The number of thiophene rings is 1. The van der Waals surface area contributed by atoms with Gasteiger partial charge >= 0.3 is 0 Å². The van der Waals surface area contributed by atoms with Crippen LogP contribution < -0.4 is 10.6 Å². The van der Waals surface area contributed by atoms with E-state index >= 15 is 0 Å². The molecule has 0 bridgehead atoms. The molecule has 3 N–H and O–H groups in total. The van der Waals surface area contributed by atoms with Gasteiger partial charge < -0.3 is 15.7 Å². The highest BCUT2D eigenvalue weighted by molar-refractivity contribution is 7.19. The Morgan fingerprint density at radius 2 is 2.15 bits per heavy atom. The minimum absolute atomic E-state index is 0.455. The molecule has 1 atom stereocenters. The number of nitrogens with one attached hydrogen (secondary N) is 2. The molecule has 0 saturated carbocycles. The van der Waals surface area contributed by atoms with Crippen LogP contribution in [0.5, 0.6) is 0 Å². The van der Waals surface area contributed by atoms with Crippen molar-refractivity contribution in [3.8, 4) is 0 Å². The predicted molar refractivity (Wildman–Crippen MR) is 86.4 cm³/mol. The third-order valence-electron chi connectivity index (χ3n) is 3.00. The highest BCUT2D eigenvalue weighted by atomic mass is 32.1. The van der Waals surface area contributed by atoms with Gasteiger partial charge in [0.05, 0.1) is 0 Å². The molecule has 0 spiro atoms. The fraction of sp³-hybridized carbons (Fsp3) is 0.400. The molecule has 5 heteroatoms. The van der Waals surface area contributed by atoms with E-state index in [1.54, 1.807) is 18.4 Å². The number of aliphatic hydroxyl groups excluding tert-OH is 1. The molecule has 4 nitrogen and oxygen atoms in total. The van der Waals surface area contributed by atoms with E-state index < -0.39 is 6.10 Å². The second-order valence-corrected chi connectivity index (χ2v) is 5.70. The van der Waals surface area contributed by atoms with Crippen molar-refractivity contribution in [3.63, 3.8) is 0 Å². The first-order valence-electron chi connectivity index (χ1n) is 6.85. The monoisotopic (exact) mass is 291 g/mol. The molecule has 20 heavy (non-hydrogen) atoms. The van der Waals surface area contributed by atoms with E-state index in [-0.39, 0.29) is 0 Å². The average molecular weight is 291 g/mol. The van der Waals surface area contributed by atoms with Gasteiger partial charge in [0.2, 0.25) is 0 Å². The zero-order chi connectivity index (χ0) is 14.4. The lowest BCUT2D eigenvalue weighted by Gasteiger charge is -2.14. The van der Waals surface area contributed by atoms with Crippen molar-refractivity contribution in [2.45, 2.75) is 19.4 Å². The Kier molecular flexibility index (Phi) is 5.38. The molecule has 0 aliphatic heterocycles. The molecule has 2 aromatic rings. The first-order chi connectivity index (χ1) is 9.74. The van der Waals surface area contributed by atoms with Gasteiger partial charge in [0, 0.05) is 29.7 Å². The summed E-state index contributed by atoms with van der Waals surface area (Å²) in [6, 6.07) is 10.2. The number of guanidine groups is 1. The summed E-state index contributed by atoms with van der Waals surface area (Å²) in [6.07, 6.45) is 0.520. The first kappa shape index (κ1) is 14.8. The van der Waals surface area contributed by atoms with E-state index in [4.69, 9.17) is 0 Å². The zero-order valence-corrected chi connectivity index (χ0v) is 12.7. The fourth-order valence-electron chi connectivity index (χ4n) is 1.92. The number of hydrogen-bond acceptors (Lipinski definition) is 3. The van der Waals surface area contributed by atoms with Gasteiger partial charge in [-0.3, -0.25) is 4.99 Å². The summed E-state index contributed by atoms with van der Waals surface area (Å²) in [6.45, 7) is 3.43. The molecule has 0 radical (unpaired) electrons. The van der Waals surface area contributed by atoms with Gasteiger partial charge in [-0.2, -0.15) is 0 Å². The quantitative estimate of drug-likeness (QED) is 0.586. The molecule has 0 aliphatic carbocycles. The second-order valence-electron chi connectivity index (χ2n) is 4.58. The number of hydrogen-bond donors (Lipinski definition) is 3. The summed E-state index contributed by atoms with van der Waals surface area (Å²) in [4.78, 5) is 5.10. The number of aliphatic hydroxyl groups is 1. The van der Waals surface area contributed by atoms with Crippen LogP contribution >= 0.6 is 11.3 Å². The van der Waals surface area contributed by atoms with Crippen molar-refractivity contribution in [2.75, 3.05) is 20.1 Å². The van der Waals surface area contributed by atoms with Crippen LogP contribution in [0.4, 0.5) is 0 Å². The number of nitrogens with zero attached hydrogens (tertiary/aromatic N) is 1. The van der Waals surface area contributed by atoms with E-state index in [1.165, 1.54) is 10.1 Å². The van der Waals surface area contributed by atoms with Crippen LogP contribution in [0.3, 0.4) is 0 Å². The van der Waals surface area contributed by atoms with Crippen LogP contribution in [0.2, 0.25) is 0 Å². The molecular formula is C15H21N3OS. The van der Waals surface area contributed by atoms with Crippen LogP contribution in [0.25, 0.3) is 10.1 Å². The van der Waals surface area contributed by atoms with Gasteiger partial charge in [-0.25, -0.2) is 0 Å². The normalized spacial score (nSPS) is 13.4. The summed E-state index contributed by atoms with van der Waals surface area (Å²) in [7, 11) is 1.73. The fourth-order valence-corrected chi connectivity index (χ4v) is 2.98. The van der Waals surface area contributed by atoms with Crippen LogP contribution in [-0.2, 0) is 0 Å². The Labute approximate surface area is 123 Å². The van der Waals surface area contributed by atoms with Crippen molar-refractivity contribution in [1.29, 1.82) is 0 Å². The molecule has 0 fully saturated rings. The minimum Gasteiger partial charge on any atom is -0.386 e. The molecule has 1 aromatic carbocycles.